The molecule has 1 saturated carbocycles. The molecule has 0 amide bonds. The van der Waals surface area contributed by atoms with Gasteiger partial charge < -0.3 is 4.90 Å². The number of aryl methyl sites for hydroxylation is 1. The minimum atomic E-state index is 0.723. The minimum absolute atomic E-state index is 0.723. The van der Waals surface area contributed by atoms with Crippen LogP contribution in [0.2, 0.25) is 0 Å². The number of nitrogens with zero attached hydrogens (tertiary/aromatic N) is 5. The third-order valence-electron chi connectivity index (χ3n) is 8.10. The van der Waals surface area contributed by atoms with Crippen molar-refractivity contribution in [3.8, 4) is 11.8 Å². The molecule has 0 atom stereocenters. The van der Waals surface area contributed by atoms with E-state index in [1.807, 2.05) is 6.07 Å². The molecule has 0 bridgehead atoms. The van der Waals surface area contributed by atoms with Gasteiger partial charge in [0.2, 0.25) is 0 Å². The van der Waals surface area contributed by atoms with Gasteiger partial charge in [-0.15, -0.1) is 5.10 Å². The molecule has 188 valence electrons. The highest BCUT2D eigenvalue weighted by molar-refractivity contribution is 6.06. The molecule has 0 unspecified atom stereocenters. The Morgan fingerprint density at radius 1 is 0.919 bits per heavy atom. The van der Waals surface area contributed by atoms with Crippen molar-refractivity contribution in [1.82, 2.24) is 20.0 Å². The van der Waals surface area contributed by atoms with Crippen molar-refractivity contribution in [3.05, 3.63) is 87.7 Å². The zero-order valence-electron chi connectivity index (χ0n) is 22.0. The molecule has 5 heteroatoms. The number of hydrogen-bond acceptors (Lipinski definition) is 5. The predicted octanol–water partition coefficient (Wildman–Crippen LogP) is 4.95. The van der Waals surface area contributed by atoms with Gasteiger partial charge in [-0.25, -0.2) is 0 Å². The first-order valence-corrected chi connectivity index (χ1v) is 13.6. The highest BCUT2D eigenvalue weighted by Gasteiger charge is 2.20. The molecule has 2 fully saturated rings. The third-order valence-corrected chi connectivity index (χ3v) is 8.10. The summed E-state index contributed by atoms with van der Waals surface area (Å²) in [6.07, 6.45) is 5.93. The molecule has 6 rings (SSSR count). The molecule has 1 aliphatic carbocycles. The summed E-state index contributed by atoms with van der Waals surface area (Å²) in [5, 5.41) is 8.77. The predicted molar refractivity (Wildman–Crippen MR) is 149 cm³/mol. The normalized spacial score (nSPS) is 18.1. The molecular weight excluding hydrogens is 454 g/mol. The monoisotopic (exact) mass is 489 g/mol. The van der Waals surface area contributed by atoms with E-state index in [4.69, 9.17) is 4.99 Å². The summed E-state index contributed by atoms with van der Waals surface area (Å²) >= 11 is 0. The van der Waals surface area contributed by atoms with Crippen LogP contribution in [-0.2, 0) is 19.4 Å². The van der Waals surface area contributed by atoms with Crippen LogP contribution in [0.5, 0.6) is 0 Å². The number of aliphatic imine (C=N–C) groups is 1. The number of fused-ring (bicyclic) bond motifs is 1. The molecule has 0 radical (unpaired) electrons. The highest BCUT2D eigenvalue weighted by atomic mass is 15.2. The van der Waals surface area contributed by atoms with Gasteiger partial charge >= 0.3 is 0 Å². The second kappa shape index (κ2) is 10.6. The van der Waals surface area contributed by atoms with Gasteiger partial charge in [0, 0.05) is 44.7 Å². The van der Waals surface area contributed by atoms with Crippen LogP contribution in [-0.4, -0.2) is 58.9 Å². The molecule has 2 aliphatic heterocycles. The molecule has 0 N–H and O–H groups in total. The van der Waals surface area contributed by atoms with Crippen molar-refractivity contribution in [2.24, 2.45) is 10.9 Å². The number of likely N-dealkylation sites (N-methyl/N-ethyl adjacent to an activating group) is 1. The van der Waals surface area contributed by atoms with E-state index in [1.54, 1.807) is 0 Å². The van der Waals surface area contributed by atoms with Gasteiger partial charge in [-0.1, -0.05) is 49.4 Å². The molecule has 5 nitrogen and oxygen atoms in total. The Labute approximate surface area is 220 Å². The van der Waals surface area contributed by atoms with Crippen LogP contribution in [0.1, 0.15) is 58.5 Å². The highest BCUT2D eigenvalue weighted by Crippen LogP contribution is 2.31. The maximum Gasteiger partial charge on any atom is 0.136 e. The van der Waals surface area contributed by atoms with E-state index in [9.17, 15) is 0 Å². The van der Waals surface area contributed by atoms with Crippen molar-refractivity contribution in [1.29, 1.82) is 0 Å². The van der Waals surface area contributed by atoms with E-state index >= 15 is 0 Å². The molecule has 2 aromatic carbocycles. The number of hydrogen-bond donors (Lipinski definition) is 0. The van der Waals surface area contributed by atoms with E-state index < -0.39 is 0 Å². The molecule has 1 saturated heterocycles. The number of piperazine rings is 1. The smallest absolute Gasteiger partial charge is 0.136 e. The summed E-state index contributed by atoms with van der Waals surface area (Å²) in [5.74, 6) is 7.36. The van der Waals surface area contributed by atoms with Crippen LogP contribution in [0, 0.1) is 24.7 Å². The molecule has 0 spiro atoms. The molecule has 3 aliphatic rings. The fourth-order valence-corrected chi connectivity index (χ4v) is 5.38. The first kappa shape index (κ1) is 24.0. The zero-order chi connectivity index (χ0) is 25.2. The third kappa shape index (κ3) is 5.66. The van der Waals surface area contributed by atoms with Gasteiger partial charge in [-0.05, 0) is 78.7 Å². The number of rotatable bonds is 5. The van der Waals surface area contributed by atoms with E-state index in [0.29, 0.717) is 0 Å². The maximum absolute atomic E-state index is 4.98. The van der Waals surface area contributed by atoms with E-state index in [1.165, 1.54) is 30.4 Å². The van der Waals surface area contributed by atoms with Gasteiger partial charge in [-0.2, -0.15) is 5.10 Å². The van der Waals surface area contributed by atoms with Crippen molar-refractivity contribution < 1.29 is 0 Å². The Morgan fingerprint density at radius 3 is 2.54 bits per heavy atom. The standard InChI is InChI=1S/C32H35N5/c1-23-6-8-27(20-26(23)9-10-29-11-12-30(35-34-29)19-24-4-3-5-24)32-21-28-18-25(7-13-31(28)33-32)22-37-16-14-36(2)15-17-37/h6-8,11-13,18,20,24H,3-5,14-17,19,21-22H2,1-2H3. The van der Waals surface area contributed by atoms with E-state index in [0.717, 1.165) is 91.0 Å². The SMILES string of the molecule is Cc1ccc(C2=Nc3ccc(CN4CCN(C)CC4)cc3C2)cc1C#Cc1ccc(CC2CCC2)nn1. The van der Waals surface area contributed by atoms with Crippen LogP contribution >= 0.6 is 0 Å². The van der Waals surface area contributed by atoms with E-state index in [-0.39, 0.29) is 0 Å². The Balaban J connectivity index is 1.13. The molecule has 1 aromatic heterocycles. The quantitative estimate of drug-likeness (QED) is 0.476. The van der Waals surface area contributed by atoms with Gasteiger partial charge in [0.25, 0.3) is 0 Å². The minimum Gasteiger partial charge on any atom is -0.304 e. The van der Waals surface area contributed by atoms with Crippen LogP contribution in [0.15, 0.2) is 53.5 Å². The lowest BCUT2D eigenvalue weighted by molar-refractivity contribution is 0.148. The number of benzene rings is 2. The van der Waals surface area contributed by atoms with Crippen LogP contribution in [0.3, 0.4) is 0 Å². The summed E-state index contributed by atoms with van der Waals surface area (Å²) in [7, 11) is 2.20. The lowest BCUT2D eigenvalue weighted by Gasteiger charge is -2.32. The molecule has 37 heavy (non-hydrogen) atoms. The first-order chi connectivity index (χ1) is 18.1. The Hall–Kier alpha value is -3.33. The Bertz CT molecular complexity index is 1370. The second-order valence-corrected chi connectivity index (χ2v) is 11.0. The average Bonchev–Trinajstić information content (AvgIpc) is 3.31. The molecule has 3 heterocycles. The van der Waals surface area contributed by atoms with Gasteiger partial charge in [0.15, 0.2) is 0 Å². The summed E-state index contributed by atoms with van der Waals surface area (Å²) < 4.78 is 0. The van der Waals surface area contributed by atoms with Crippen LogP contribution in [0.4, 0.5) is 5.69 Å². The van der Waals surface area contributed by atoms with Gasteiger partial charge in [0.1, 0.15) is 5.69 Å². The van der Waals surface area contributed by atoms with Crippen molar-refractivity contribution in [2.75, 3.05) is 33.2 Å². The summed E-state index contributed by atoms with van der Waals surface area (Å²) in [5.41, 5.74) is 10.1. The topological polar surface area (TPSA) is 44.6 Å². The fraction of sp³-hybridized carbons (Fsp3) is 0.406. The second-order valence-electron chi connectivity index (χ2n) is 11.0. The summed E-state index contributed by atoms with van der Waals surface area (Å²) in [6, 6.07) is 17.4. The largest absolute Gasteiger partial charge is 0.304 e. The molecule has 3 aromatic rings. The van der Waals surface area contributed by atoms with Crippen molar-refractivity contribution in [2.45, 2.75) is 45.6 Å². The van der Waals surface area contributed by atoms with Crippen molar-refractivity contribution in [3.63, 3.8) is 0 Å². The van der Waals surface area contributed by atoms with Gasteiger partial charge in [-0.3, -0.25) is 9.89 Å². The van der Waals surface area contributed by atoms with E-state index in [2.05, 4.69) is 88.3 Å². The summed E-state index contributed by atoms with van der Waals surface area (Å²) in [4.78, 5) is 9.93. The Kier molecular flexibility index (Phi) is 6.87. The lowest BCUT2D eigenvalue weighted by Crippen LogP contribution is -2.43. The zero-order valence-corrected chi connectivity index (χ0v) is 22.0. The van der Waals surface area contributed by atoms with Crippen LogP contribution in [0.25, 0.3) is 0 Å². The maximum atomic E-state index is 4.98. The van der Waals surface area contributed by atoms with Gasteiger partial charge in [0.05, 0.1) is 17.1 Å². The number of aromatic nitrogens is 2. The van der Waals surface area contributed by atoms with Crippen LogP contribution < -0.4 is 0 Å². The summed E-state index contributed by atoms with van der Waals surface area (Å²) in [6.45, 7) is 7.70. The fourth-order valence-electron chi connectivity index (χ4n) is 5.38. The van der Waals surface area contributed by atoms with Crippen molar-refractivity contribution >= 4 is 11.4 Å². The first-order valence-electron chi connectivity index (χ1n) is 13.6. The molecular formula is C32H35N5. The average molecular weight is 490 g/mol. The Morgan fingerprint density at radius 2 is 1.78 bits per heavy atom. The lowest BCUT2D eigenvalue weighted by atomic mass is 9.82.